The number of allylic oxidation sites excluding steroid dienone is 4. The van der Waals surface area contributed by atoms with Gasteiger partial charge >= 0.3 is 5.97 Å². The fraction of sp³-hybridized carbons (Fsp3) is 0.917. The van der Waals surface area contributed by atoms with Crippen molar-refractivity contribution in [3.05, 3.63) is 24.3 Å². The van der Waals surface area contributed by atoms with Crippen LogP contribution in [0.1, 0.15) is 399 Å². The van der Waals surface area contributed by atoms with Crippen LogP contribution in [0.15, 0.2) is 24.3 Å². The minimum Gasteiger partial charge on any atom is -0.466 e. The lowest BCUT2D eigenvalue weighted by Crippen LogP contribution is -2.45. The summed E-state index contributed by atoms with van der Waals surface area (Å²) in [6.07, 6.45) is 85.2. The second kappa shape index (κ2) is 67.8. The van der Waals surface area contributed by atoms with Crippen molar-refractivity contribution in [3.8, 4) is 0 Å². The molecule has 6 heteroatoms. The van der Waals surface area contributed by atoms with E-state index in [9.17, 15) is 19.8 Å². The largest absolute Gasteiger partial charge is 0.466 e. The first-order valence-electron chi connectivity index (χ1n) is 35.6. The second-order valence-corrected chi connectivity index (χ2v) is 24.6. The number of esters is 1. The third kappa shape index (κ3) is 63.5. The Bertz CT molecular complexity index is 1220. The van der Waals surface area contributed by atoms with Gasteiger partial charge < -0.3 is 20.3 Å². The third-order valence-electron chi connectivity index (χ3n) is 16.7. The van der Waals surface area contributed by atoms with Crippen LogP contribution in [0.3, 0.4) is 0 Å². The molecular weight excluding hydrogens is 959 g/mol. The molecule has 0 aliphatic carbocycles. The molecule has 78 heavy (non-hydrogen) atoms. The van der Waals surface area contributed by atoms with E-state index in [1.165, 1.54) is 327 Å². The number of ether oxygens (including phenoxy) is 1. The molecule has 3 N–H and O–H groups in total. The quantitative estimate of drug-likeness (QED) is 0.0320. The van der Waals surface area contributed by atoms with Crippen LogP contribution in [-0.4, -0.2) is 47.4 Å². The molecule has 0 saturated heterocycles. The van der Waals surface area contributed by atoms with E-state index in [0.717, 1.165) is 38.5 Å². The number of unbranched alkanes of at least 4 members (excludes halogenated alkanes) is 52. The lowest BCUT2D eigenvalue weighted by molar-refractivity contribution is -0.143. The van der Waals surface area contributed by atoms with Crippen molar-refractivity contribution in [2.24, 2.45) is 0 Å². The minimum absolute atomic E-state index is 0.0174. The summed E-state index contributed by atoms with van der Waals surface area (Å²) < 4.78 is 5.51. The van der Waals surface area contributed by atoms with Gasteiger partial charge in [-0.05, 0) is 77.0 Å². The van der Waals surface area contributed by atoms with E-state index in [-0.39, 0.29) is 18.5 Å². The number of aliphatic hydroxyl groups is 2. The minimum atomic E-state index is -0.662. The molecule has 462 valence electrons. The molecule has 0 spiro atoms. The highest BCUT2D eigenvalue weighted by Crippen LogP contribution is 2.19. The van der Waals surface area contributed by atoms with Crippen molar-refractivity contribution < 1.29 is 24.5 Å². The van der Waals surface area contributed by atoms with Crippen LogP contribution in [0.25, 0.3) is 0 Å². The van der Waals surface area contributed by atoms with Crippen LogP contribution in [0.4, 0.5) is 0 Å². The molecular formula is C72H139NO5. The molecule has 0 saturated carbocycles. The highest BCUT2D eigenvalue weighted by Gasteiger charge is 2.20. The second-order valence-electron chi connectivity index (χ2n) is 24.6. The van der Waals surface area contributed by atoms with Crippen LogP contribution < -0.4 is 5.32 Å². The van der Waals surface area contributed by atoms with Crippen molar-refractivity contribution in [1.82, 2.24) is 5.32 Å². The summed E-state index contributed by atoms with van der Waals surface area (Å²) in [6, 6.07) is -0.539. The number of aliphatic hydroxyl groups excluding tert-OH is 2. The van der Waals surface area contributed by atoms with Crippen molar-refractivity contribution in [1.29, 1.82) is 0 Å². The molecule has 0 aromatic heterocycles. The summed E-state index contributed by atoms with van der Waals surface area (Å²) in [5.41, 5.74) is 0. The lowest BCUT2D eigenvalue weighted by Gasteiger charge is -2.22. The molecule has 0 aromatic carbocycles. The van der Waals surface area contributed by atoms with E-state index in [2.05, 4.69) is 43.5 Å². The number of hydrogen-bond acceptors (Lipinski definition) is 5. The predicted molar refractivity (Wildman–Crippen MR) is 343 cm³/mol. The van der Waals surface area contributed by atoms with Crippen molar-refractivity contribution in [3.63, 3.8) is 0 Å². The number of amides is 1. The first kappa shape index (κ1) is 76.3. The van der Waals surface area contributed by atoms with Gasteiger partial charge in [0.1, 0.15) is 0 Å². The first-order chi connectivity index (χ1) is 38.5. The van der Waals surface area contributed by atoms with E-state index in [4.69, 9.17) is 4.74 Å². The van der Waals surface area contributed by atoms with Crippen LogP contribution in [0.5, 0.6) is 0 Å². The molecule has 0 heterocycles. The maximum Gasteiger partial charge on any atom is 0.305 e. The molecule has 0 radical (unpaired) electrons. The van der Waals surface area contributed by atoms with E-state index in [1.54, 1.807) is 0 Å². The Hall–Kier alpha value is -1.66. The predicted octanol–water partition coefficient (Wildman–Crippen LogP) is 22.9. The van der Waals surface area contributed by atoms with Crippen molar-refractivity contribution >= 4 is 11.9 Å². The Kier molecular flexibility index (Phi) is 66.4. The molecule has 2 unspecified atom stereocenters. The number of carbonyl (C=O) groups is 2. The normalized spacial score (nSPS) is 12.6. The standard InChI is InChI=1S/C72H139NO5/c1-3-5-7-9-11-13-15-17-18-19-32-36-39-42-46-50-54-58-62-66-72(77)78-67-63-59-55-51-47-43-40-37-34-31-29-27-25-23-21-20-22-24-26-28-30-33-35-38-41-45-49-53-57-61-65-71(76)73-69(68-74)70(75)64-60-56-52-48-44-16-14-12-10-8-6-4-2/h17-18,21,23,69-70,74-75H,3-16,19-20,22,24-68H2,1-2H3,(H,73,76)/b18-17-,23-21-. The highest BCUT2D eigenvalue weighted by atomic mass is 16.5. The zero-order valence-electron chi connectivity index (χ0n) is 52.9. The SMILES string of the molecule is CCCCCCCC/C=C\CCCCCCCCCCCC(=O)OCCCCCCCCCCCCCC/C=C\CCCCCCCCCCCCCCCCC(=O)NC(CO)C(O)CCCCCCCCCCCCCC. The van der Waals surface area contributed by atoms with Gasteiger partial charge in [0, 0.05) is 12.8 Å². The number of rotatable bonds is 67. The van der Waals surface area contributed by atoms with Gasteiger partial charge in [-0.25, -0.2) is 0 Å². The smallest absolute Gasteiger partial charge is 0.305 e. The Balaban J connectivity index is 3.33. The maximum atomic E-state index is 12.5. The molecule has 0 aliphatic rings. The molecule has 0 aromatic rings. The van der Waals surface area contributed by atoms with Crippen molar-refractivity contribution in [2.75, 3.05) is 13.2 Å². The fourth-order valence-corrected chi connectivity index (χ4v) is 11.3. The Morgan fingerprint density at radius 3 is 0.910 bits per heavy atom. The van der Waals surface area contributed by atoms with Gasteiger partial charge in [0.05, 0.1) is 25.4 Å². The Labute approximate surface area is 488 Å². The van der Waals surface area contributed by atoms with Gasteiger partial charge in [-0.2, -0.15) is 0 Å². The molecule has 2 atom stereocenters. The van der Waals surface area contributed by atoms with E-state index in [1.807, 2.05) is 0 Å². The molecule has 0 bridgehead atoms. The van der Waals surface area contributed by atoms with Crippen molar-refractivity contribution in [2.45, 2.75) is 411 Å². The van der Waals surface area contributed by atoms with Gasteiger partial charge in [0.25, 0.3) is 0 Å². The summed E-state index contributed by atoms with van der Waals surface area (Å²) >= 11 is 0. The number of hydrogen-bond donors (Lipinski definition) is 3. The van der Waals surface area contributed by atoms with Crippen LogP contribution >= 0.6 is 0 Å². The topological polar surface area (TPSA) is 95.9 Å². The summed E-state index contributed by atoms with van der Waals surface area (Å²) in [5.74, 6) is -0.0147. The average Bonchev–Trinajstić information content (AvgIpc) is 3.44. The van der Waals surface area contributed by atoms with Gasteiger partial charge in [-0.15, -0.1) is 0 Å². The van der Waals surface area contributed by atoms with Gasteiger partial charge in [-0.1, -0.05) is 334 Å². The molecule has 0 fully saturated rings. The molecule has 0 aliphatic heterocycles. The maximum absolute atomic E-state index is 12.5. The van der Waals surface area contributed by atoms with Gasteiger partial charge in [0.2, 0.25) is 5.91 Å². The Morgan fingerprint density at radius 2 is 0.603 bits per heavy atom. The fourth-order valence-electron chi connectivity index (χ4n) is 11.3. The van der Waals surface area contributed by atoms with E-state index >= 15 is 0 Å². The highest BCUT2D eigenvalue weighted by molar-refractivity contribution is 5.76. The summed E-state index contributed by atoms with van der Waals surface area (Å²) in [6.45, 7) is 4.97. The summed E-state index contributed by atoms with van der Waals surface area (Å²) in [7, 11) is 0. The van der Waals surface area contributed by atoms with Gasteiger partial charge in [-0.3, -0.25) is 9.59 Å². The Morgan fingerprint density at radius 1 is 0.346 bits per heavy atom. The van der Waals surface area contributed by atoms with Crippen LogP contribution in [0, 0.1) is 0 Å². The zero-order chi connectivity index (χ0) is 56.4. The number of carbonyl (C=O) groups excluding carboxylic acids is 2. The van der Waals surface area contributed by atoms with Gasteiger partial charge in [0.15, 0.2) is 0 Å². The van der Waals surface area contributed by atoms with Crippen LogP contribution in [0.2, 0.25) is 0 Å². The summed E-state index contributed by atoms with van der Waals surface area (Å²) in [4.78, 5) is 24.6. The average molecular weight is 1100 g/mol. The number of nitrogens with one attached hydrogen (secondary N) is 1. The zero-order valence-corrected chi connectivity index (χ0v) is 52.9. The monoisotopic (exact) mass is 1100 g/mol. The van der Waals surface area contributed by atoms with E-state index < -0.39 is 12.1 Å². The summed E-state index contributed by atoms with van der Waals surface area (Å²) in [5, 5.41) is 23.3. The van der Waals surface area contributed by atoms with E-state index in [0.29, 0.717) is 25.9 Å². The van der Waals surface area contributed by atoms with Crippen LogP contribution in [-0.2, 0) is 14.3 Å². The first-order valence-corrected chi connectivity index (χ1v) is 35.6. The molecule has 0 rings (SSSR count). The third-order valence-corrected chi connectivity index (χ3v) is 16.7. The molecule has 6 nitrogen and oxygen atoms in total. The molecule has 1 amide bonds. The lowest BCUT2D eigenvalue weighted by atomic mass is 10.0.